The van der Waals surface area contributed by atoms with Gasteiger partial charge in [0.2, 0.25) is 0 Å². The lowest BCUT2D eigenvalue weighted by Crippen LogP contribution is -2.26. The first kappa shape index (κ1) is 14.2. The monoisotopic (exact) mass is 279 g/mol. The van der Waals surface area contributed by atoms with Crippen molar-refractivity contribution in [2.45, 2.75) is 32.4 Å². The summed E-state index contributed by atoms with van der Waals surface area (Å²) in [5, 5.41) is 19.6. The molecule has 2 aromatic heterocycles. The normalized spacial score (nSPS) is 12.8. The molecule has 0 fully saturated rings. The van der Waals surface area contributed by atoms with Crippen LogP contribution in [0.3, 0.4) is 0 Å². The summed E-state index contributed by atoms with van der Waals surface area (Å²) < 4.78 is 1.84. The molecule has 0 saturated heterocycles. The summed E-state index contributed by atoms with van der Waals surface area (Å²) in [5.41, 5.74) is 2.21. The minimum absolute atomic E-state index is 0.258. The van der Waals surface area contributed by atoms with Crippen molar-refractivity contribution in [3.8, 4) is 10.6 Å². The van der Waals surface area contributed by atoms with Gasteiger partial charge in [-0.1, -0.05) is 19.4 Å². The molecule has 0 amide bonds. The van der Waals surface area contributed by atoms with Crippen LogP contribution in [0.2, 0.25) is 0 Å². The van der Waals surface area contributed by atoms with Gasteiger partial charge < -0.3 is 10.4 Å². The molecule has 19 heavy (non-hydrogen) atoms. The maximum Gasteiger partial charge on any atom is 0.107 e. The summed E-state index contributed by atoms with van der Waals surface area (Å²) in [6.45, 7) is 3.45. The Bertz CT molecular complexity index is 493. The number of nitrogens with zero attached hydrogens (tertiary/aromatic N) is 2. The minimum Gasteiger partial charge on any atom is -0.392 e. The SMILES string of the molecule is CCCC(O)CNCc1cn(C)nc1-c1cccs1. The van der Waals surface area contributed by atoms with Crippen LogP contribution < -0.4 is 5.32 Å². The smallest absolute Gasteiger partial charge is 0.107 e. The Kier molecular flexibility index (Phi) is 5.13. The molecule has 0 aromatic carbocycles. The van der Waals surface area contributed by atoms with E-state index >= 15 is 0 Å². The lowest BCUT2D eigenvalue weighted by atomic mass is 10.2. The summed E-state index contributed by atoms with van der Waals surface area (Å²) in [7, 11) is 1.94. The fraction of sp³-hybridized carbons (Fsp3) is 0.500. The van der Waals surface area contributed by atoms with Crippen molar-refractivity contribution in [3.63, 3.8) is 0 Å². The zero-order valence-corrected chi connectivity index (χ0v) is 12.3. The molecule has 0 aliphatic rings. The first-order valence-corrected chi connectivity index (χ1v) is 7.53. The number of hydrogen-bond acceptors (Lipinski definition) is 4. The average Bonchev–Trinajstić information content (AvgIpc) is 2.98. The minimum atomic E-state index is -0.258. The molecule has 0 spiro atoms. The van der Waals surface area contributed by atoms with Crippen LogP contribution in [0.25, 0.3) is 10.6 Å². The summed E-state index contributed by atoms with van der Waals surface area (Å²) >= 11 is 1.70. The van der Waals surface area contributed by atoms with Crippen molar-refractivity contribution >= 4 is 11.3 Å². The third-order valence-corrected chi connectivity index (χ3v) is 3.85. The molecule has 104 valence electrons. The van der Waals surface area contributed by atoms with E-state index in [-0.39, 0.29) is 6.10 Å². The number of hydrogen-bond donors (Lipinski definition) is 2. The van der Waals surface area contributed by atoms with E-state index in [0.717, 1.165) is 25.1 Å². The highest BCUT2D eigenvalue weighted by atomic mass is 32.1. The van der Waals surface area contributed by atoms with Gasteiger partial charge in [-0.2, -0.15) is 5.10 Å². The maximum absolute atomic E-state index is 9.70. The quantitative estimate of drug-likeness (QED) is 0.818. The Hall–Kier alpha value is -1.17. The van der Waals surface area contributed by atoms with Gasteiger partial charge >= 0.3 is 0 Å². The Balaban J connectivity index is 1.97. The van der Waals surface area contributed by atoms with Crippen LogP contribution in [0.4, 0.5) is 0 Å². The lowest BCUT2D eigenvalue weighted by molar-refractivity contribution is 0.160. The third-order valence-electron chi connectivity index (χ3n) is 2.98. The largest absolute Gasteiger partial charge is 0.392 e. The number of aryl methyl sites for hydroxylation is 1. The van der Waals surface area contributed by atoms with Gasteiger partial charge in [-0.3, -0.25) is 4.68 Å². The van der Waals surface area contributed by atoms with Crippen molar-refractivity contribution in [2.75, 3.05) is 6.54 Å². The highest BCUT2D eigenvalue weighted by molar-refractivity contribution is 7.13. The van der Waals surface area contributed by atoms with E-state index in [1.54, 1.807) is 11.3 Å². The predicted molar refractivity (Wildman–Crippen MR) is 79.1 cm³/mol. The molecule has 2 rings (SSSR count). The van der Waals surface area contributed by atoms with Gasteiger partial charge in [0.25, 0.3) is 0 Å². The number of aliphatic hydroxyl groups is 1. The average molecular weight is 279 g/mol. The molecule has 0 radical (unpaired) electrons. The second-order valence-electron chi connectivity index (χ2n) is 4.73. The molecule has 5 heteroatoms. The number of nitrogens with one attached hydrogen (secondary N) is 1. The van der Waals surface area contributed by atoms with Crippen LogP contribution >= 0.6 is 11.3 Å². The van der Waals surface area contributed by atoms with Crippen molar-refractivity contribution in [2.24, 2.45) is 7.05 Å². The molecule has 4 nitrogen and oxygen atoms in total. The van der Waals surface area contributed by atoms with Gasteiger partial charge in [-0.05, 0) is 17.9 Å². The van der Waals surface area contributed by atoms with Gasteiger partial charge in [0.05, 0.1) is 11.0 Å². The second-order valence-corrected chi connectivity index (χ2v) is 5.68. The molecule has 0 aliphatic heterocycles. The van der Waals surface area contributed by atoms with Gasteiger partial charge in [-0.25, -0.2) is 0 Å². The first-order chi connectivity index (χ1) is 9.20. The van der Waals surface area contributed by atoms with Crippen molar-refractivity contribution in [1.82, 2.24) is 15.1 Å². The zero-order valence-electron chi connectivity index (χ0n) is 11.5. The highest BCUT2D eigenvalue weighted by Gasteiger charge is 2.11. The van der Waals surface area contributed by atoms with Crippen molar-refractivity contribution in [1.29, 1.82) is 0 Å². The van der Waals surface area contributed by atoms with E-state index in [1.807, 2.05) is 24.0 Å². The molecule has 1 atom stereocenters. The maximum atomic E-state index is 9.70. The summed E-state index contributed by atoms with van der Waals surface area (Å²) in [4.78, 5) is 1.19. The highest BCUT2D eigenvalue weighted by Crippen LogP contribution is 2.26. The molecular formula is C14H21N3OS. The topological polar surface area (TPSA) is 50.1 Å². The van der Waals surface area contributed by atoms with Gasteiger partial charge in [0, 0.05) is 31.9 Å². The first-order valence-electron chi connectivity index (χ1n) is 6.66. The molecule has 0 bridgehead atoms. The van der Waals surface area contributed by atoms with Gasteiger partial charge in [0.15, 0.2) is 0 Å². The van der Waals surface area contributed by atoms with E-state index < -0.39 is 0 Å². The molecule has 1 unspecified atom stereocenters. The standard InChI is InChI=1S/C14H21N3OS/c1-3-5-12(18)9-15-8-11-10-17(2)16-14(11)13-6-4-7-19-13/h4,6-7,10,12,15,18H,3,5,8-9H2,1-2H3. The van der Waals surface area contributed by atoms with E-state index in [9.17, 15) is 5.11 Å². The Morgan fingerprint density at radius 3 is 3.05 bits per heavy atom. The Labute approximate surface area is 118 Å². The fourth-order valence-corrected chi connectivity index (χ4v) is 2.84. The number of rotatable bonds is 7. The number of aromatic nitrogens is 2. The molecule has 2 N–H and O–H groups in total. The van der Waals surface area contributed by atoms with Crippen LogP contribution in [-0.4, -0.2) is 27.5 Å². The molecule has 0 aliphatic carbocycles. The van der Waals surface area contributed by atoms with E-state index in [2.05, 4.69) is 28.8 Å². The summed E-state index contributed by atoms with van der Waals surface area (Å²) in [6, 6.07) is 4.12. The molecule has 2 heterocycles. The van der Waals surface area contributed by atoms with Crippen LogP contribution in [0.5, 0.6) is 0 Å². The van der Waals surface area contributed by atoms with E-state index in [4.69, 9.17) is 0 Å². The van der Waals surface area contributed by atoms with Crippen LogP contribution in [-0.2, 0) is 13.6 Å². The second kappa shape index (κ2) is 6.84. The number of thiophene rings is 1. The van der Waals surface area contributed by atoms with E-state index in [1.165, 1.54) is 10.4 Å². The van der Waals surface area contributed by atoms with Gasteiger partial charge in [-0.15, -0.1) is 11.3 Å². The van der Waals surface area contributed by atoms with Crippen LogP contribution in [0.1, 0.15) is 25.3 Å². The van der Waals surface area contributed by atoms with E-state index in [0.29, 0.717) is 6.54 Å². The third kappa shape index (κ3) is 3.89. The van der Waals surface area contributed by atoms with Crippen LogP contribution in [0, 0.1) is 0 Å². The molecule has 2 aromatic rings. The summed E-state index contributed by atoms with van der Waals surface area (Å²) in [6.07, 6.45) is 3.63. The molecule has 0 saturated carbocycles. The fourth-order valence-electron chi connectivity index (χ4n) is 2.10. The lowest BCUT2D eigenvalue weighted by Gasteiger charge is -2.10. The predicted octanol–water partition coefficient (Wildman–Crippen LogP) is 2.40. The van der Waals surface area contributed by atoms with Gasteiger partial charge in [0.1, 0.15) is 5.69 Å². The zero-order chi connectivity index (χ0) is 13.7. The van der Waals surface area contributed by atoms with Crippen LogP contribution in [0.15, 0.2) is 23.7 Å². The Morgan fingerprint density at radius 2 is 2.37 bits per heavy atom. The van der Waals surface area contributed by atoms with Crippen molar-refractivity contribution in [3.05, 3.63) is 29.3 Å². The summed E-state index contributed by atoms with van der Waals surface area (Å²) in [5.74, 6) is 0. The van der Waals surface area contributed by atoms with Crippen molar-refractivity contribution < 1.29 is 5.11 Å². The number of aliphatic hydroxyl groups excluding tert-OH is 1. The molecular weight excluding hydrogens is 258 g/mol. The Morgan fingerprint density at radius 1 is 1.53 bits per heavy atom.